The van der Waals surface area contributed by atoms with Crippen molar-refractivity contribution >= 4 is 0 Å². The van der Waals surface area contributed by atoms with Crippen LogP contribution in [-0.4, -0.2) is 38.1 Å². The third-order valence-corrected chi connectivity index (χ3v) is 2.57. The minimum absolute atomic E-state index is 1.01. The molecule has 2 saturated heterocycles. The summed E-state index contributed by atoms with van der Waals surface area (Å²) in [4.78, 5) is 2.39. The van der Waals surface area contributed by atoms with Crippen molar-refractivity contribution in [3.63, 3.8) is 0 Å². The zero-order valence-corrected chi connectivity index (χ0v) is 5.93. The lowest BCUT2D eigenvalue weighted by Gasteiger charge is -2.45. The molecule has 2 nitrogen and oxygen atoms in total. The van der Waals surface area contributed by atoms with Crippen molar-refractivity contribution in [2.75, 3.05) is 33.2 Å². The van der Waals surface area contributed by atoms with E-state index in [4.69, 9.17) is 0 Å². The summed E-state index contributed by atoms with van der Waals surface area (Å²) in [7, 11) is 2.20. The van der Waals surface area contributed by atoms with Crippen molar-refractivity contribution in [3.05, 3.63) is 0 Å². The molecular weight excluding hydrogens is 112 g/mol. The molecule has 52 valence electrons. The first-order valence-corrected chi connectivity index (χ1v) is 3.75. The van der Waals surface area contributed by atoms with Crippen LogP contribution >= 0.6 is 0 Å². The predicted octanol–water partition coefficient (Wildman–Crippen LogP) is -0.233. The van der Waals surface area contributed by atoms with E-state index in [9.17, 15) is 0 Å². The predicted molar refractivity (Wildman–Crippen MR) is 37.3 cm³/mol. The molecule has 0 aliphatic carbocycles. The minimum atomic E-state index is 1.01. The highest BCUT2D eigenvalue weighted by Gasteiger charge is 2.33. The number of rotatable bonds is 1. The lowest BCUT2D eigenvalue weighted by Crippen LogP contribution is -2.57. The molecule has 0 aromatic rings. The molecule has 0 bridgehead atoms. The van der Waals surface area contributed by atoms with E-state index >= 15 is 0 Å². The number of hydrogen-bond acceptors (Lipinski definition) is 2. The molecule has 0 atom stereocenters. The van der Waals surface area contributed by atoms with Crippen LogP contribution in [-0.2, 0) is 0 Å². The highest BCUT2D eigenvalue weighted by Crippen LogP contribution is 2.24. The van der Waals surface area contributed by atoms with Gasteiger partial charge in [-0.25, -0.2) is 0 Å². The van der Waals surface area contributed by atoms with E-state index in [-0.39, 0.29) is 0 Å². The summed E-state index contributed by atoms with van der Waals surface area (Å²) < 4.78 is 0. The third kappa shape index (κ3) is 0.864. The SMILES string of the molecule is CN1CC(C2CNC2)C1. The van der Waals surface area contributed by atoms with Gasteiger partial charge in [-0.1, -0.05) is 0 Å². The quantitative estimate of drug-likeness (QED) is 0.522. The van der Waals surface area contributed by atoms with Crippen LogP contribution in [0.4, 0.5) is 0 Å². The normalized spacial score (nSPS) is 31.7. The number of nitrogens with zero attached hydrogens (tertiary/aromatic N) is 1. The molecule has 9 heavy (non-hydrogen) atoms. The highest BCUT2D eigenvalue weighted by atomic mass is 15.2. The average molecular weight is 126 g/mol. The maximum Gasteiger partial charge on any atom is 0.00226 e. The molecule has 0 amide bonds. The zero-order valence-electron chi connectivity index (χ0n) is 5.93. The van der Waals surface area contributed by atoms with Crippen LogP contribution in [0.2, 0.25) is 0 Å². The molecular formula is C7H14N2. The van der Waals surface area contributed by atoms with Gasteiger partial charge in [0.15, 0.2) is 0 Å². The fourth-order valence-electron chi connectivity index (χ4n) is 1.69. The first kappa shape index (κ1) is 5.69. The first-order valence-electron chi connectivity index (χ1n) is 3.75. The second-order valence-electron chi connectivity index (χ2n) is 3.40. The zero-order chi connectivity index (χ0) is 6.27. The second-order valence-corrected chi connectivity index (χ2v) is 3.40. The molecule has 0 spiro atoms. The Morgan fingerprint density at radius 3 is 2.22 bits per heavy atom. The van der Waals surface area contributed by atoms with Crippen LogP contribution in [0.1, 0.15) is 0 Å². The summed E-state index contributed by atoms with van der Waals surface area (Å²) in [6.07, 6.45) is 0. The van der Waals surface area contributed by atoms with Crippen molar-refractivity contribution in [1.29, 1.82) is 0 Å². The summed E-state index contributed by atoms with van der Waals surface area (Å²) >= 11 is 0. The van der Waals surface area contributed by atoms with Crippen LogP contribution in [0.25, 0.3) is 0 Å². The van der Waals surface area contributed by atoms with Crippen molar-refractivity contribution in [2.45, 2.75) is 0 Å². The summed E-state index contributed by atoms with van der Waals surface area (Å²) in [5, 5.41) is 3.31. The van der Waals surface area contributed by atoms with Crippen molar-refractivity contribution in [2.24, 2.45) is 11.8 Å². The smallest absolute Gasteiger partial charge is 0.00226 e. The maximum absolute atomic E-state index is 3.31. The van der Waals surface area contributed by atoms with Gasteiger partial charge >= 0.3 is 0 Å². The standard InChI is InChI=1S/C7H14N2/c1-9-4-7(5-9)6-2-8-3-6/h6-8H,2-5H2,1H3. The third-order valence-electron chi connectivity index (χ3n) is 2.57. The Morgan fingerprint density at radius 1 is 1.22 bits per heavy atom. The second kappa shape index (κ2) is 1.96. The average Bonchev–Trinajstić information content (AvgIpc) is 1.57. The van der Waals surface area contributed by atoms with Gasteiger partial charge in [0.1, 0.15) is 0 Å². The Labute approximate surface area is 56.2 Å². The lowest BCUT2D eigenvalue weighted by molar-refractivity contribution is 0.0586. The van der Waals surface area contributed by atoms with Gasteiger partial charge in [0.25, 0.3) is 0 Å². The summed E-state index contributed by atoms with van der Waals surface area (Å²) in [6.45, 7) is 5.23. The van der Waals surface area contributed by atoms with Gasteiger partial charge in [-0.05, 0) is 32.0 Å². The molecule has 2 fully saturated rings. The Kier molecular flexibility index (Phi) is 1.24. The molecule has 2 aliphatic rings. The summed E-state index contributed by atoms with van der Waals surface area (Å²) in [5.74, 6) is 2.04. The van der Waals surface area contributed by atoms with Gasteiger partial charge in [-0.15, -0.1) is 0 Å². The van der Waals surface area contributed by atoms with Crippen LogP contribution in [0, 0.1) is 11.8 Å². The summed E-state index contributed by atoms with van der Waals surface area (Å²) in [5.41, 5.74) is 0. The van der Waals surface area contributed by atoms with Crippen molar-refractivity contribution in [3.8, 4) is 0 Å². The summed E-state index contributed by atoms with van der Waals surface area (Å²) in [6, 6.07) is 0. The van der Waals surface area contributed by atoms with Crippen LogP contribution in [0.3, 0.4) is 0 Å². The van der Waals surface area contributed by atoms with Crippen LogP contribution in [0.5, 0.6) is 0 Å². The lowest BCUT2D eigenvalue weighted by atomic mass is 9.82. The van der Waals surface area contributed by atoms with E-state index in [0.717, 1.165) is 11.8 Å². The van der Waals surface area contributed by atoms with Crippen molar-refractivity contribution < 1.29 is 0 Å². The molecule has 2 aliphatic heterocycles. The molecule has 1 N–H and O–H groups in total. The largest absolute Gasteiger partial charge is 0.316 e. The van der Waals surface area contributed by atoms with Crippen molar-refractivity contribution in [1.82, 2.24) is 10.2 Å². The van der Waals surface area contributed by atoms with Gasteiger partial charge in [0.2, 0.25) is 0 Å². The molecule has 0 aromatic carbocycles. The van der Waals surface area contributed by atoms with Gasteiger partial charge in [-0.3, -0.25) is 0 Å². The number of hydrogen-bond donors (Lipinski definition) is 1. The molecule has 2 heteroatoms. The molecule has 0 aromatic heterocycles. The van der Waals surface area contributed by atoms with E-state index in [1.807, 2.05) is 0 Å². The fourth-order valence-corrected chi connectivity index (χ4v) is 1.69. The fraction of sp³-hybridized carbons (Fsp3) is 1.00. The topological polar surface area (TPSA) is 15.3 Å². The monoisotopic (exact) mass is 126 g/mol. The Hall–Kier alpha value is -0.0800. The van der Waals surface area contributed by atoms with Gasteiger partial charge in [0.05, 0.1) is 0 Å². The molecule has 0 saturated carbocycles. The first-order chi connectivity index (χ1) is 4.36. The molecule has 0 radical (unpaired) electrons. The molecule has 2 heterocycles. The van der Waals surface area contributed by atoms with E-state index in [1.165, 1.54) is 26.2 Å². The minimum Gasteiger partial charge on any atom is -0.316 e. The van der Waals surface area contributed by atoms with E-state index < -0.39 is 0 Å². The van der Waals surface area contributed by atoms with Gasteiger partial charge in [0, 0.05) is 13.1 Å². The van der Waals surface area contributed by atoms with E-state index in [1.54, 1.807) is 0 Å². The van der Waals surface area contributed by atoms with Crippen LogP contribution in [0.15, 0.2) is 0 Å². The highest BCUT2D eigenvalue weighted by molar-refractivity contribution is 4.89. The molecule has 0 unspecified atom stereocenters. The van der Waals surface area contributed by atoms with Crippen LogP contribution < -0.4 is 5.32 Å². The Balaban J connectivity index is 1.75. The van der Waals surface area contributed by atoms with Gasteiger partial charge in [-0.2, -0.15) is 0 Å². The number of nitrogens with one attached hydrogen (secondary N) is 1. The molecule has 2 rings (SSSR count). The van der Waals surface area contributed by atoms with E-state index in [0.29, 0.717) is 0 Å². The van der Waals surface area contributed by atoms with Gasteiger partial charge < -0.3 is 10.2 Å². The number of likely N-dealkylation sites (tertiary alicyclic amines) is 1. The maximum atomic E-state index is 3.31. The Bertz CT molecular complexity index is 103. The Morgan fingerprint density at radius 2 is 1.89 bits per heavy atom. The van der Waals surface area contributed by atoms with E-state index in [2.05, 4.69) is 17.3 Å².